The van der Waals surface area contributed by atoms with Crippen LogP contribution in [0.15, 0.2) is 30.3 Å². The molecule has 24 heavy (non-hydrogen) atoms. The maximum atomic E-state index is 12.8. The molecule has 4 nitrogen and oxygen atoms in total. The lowest BCUT2D eigenvalue weighted by Crippen LogP contribution is -2.40. The van der Waals surface area contributed by atoms with Crippen LogP contribution in [-0.2, 0) is 4.79 Å². The molecule has 2 atom stereocenters. The quantitative estimate of drug-likeness (QED) is 0.788. The summed E-state index contributed by atoms with van der Waals surface area (Å²) in [6.07, 6.45) is 3.66. The van der Waals surface area contributed by atoms with Crippen molar-refractivity contribution in [2.75, 3.05) is 25.4 Å². The van der Waals surface area contributed by atoms with Gasteiger partial charge in [-0.05, 0) is 24.8 Å². The number of amides is 2. The first-order valence-electron chi connectivity index (χ1n) is 8.96. The van der Waals surface area contributed by atoms with Crippen LogP contribution in [-0.4, -0.2) is 52.4 Å². The molecule has 2 unspecified atom stereocenters. The molecular formula is C19H26N2O2S. The Balaban J connectivity index is 1.63. The zero-order chi connectivity index (χ0) is 16.9. The van der Waals surface area contributed by atoms with Crippen molar-refractivity contribution in [1.82, 2.24) is 9.80 Å². The summed E-state index contributed by atoms with van der Waals surface area (Å²) >= 11 is 1.36. The van der Waals surface area contributed by atoms with E-state index in [4.69, 9.17) is 0 Å². The molecule has 2 amide bonds. The smallest absolute Gasteiger partial charge is 0.281 e. The van der Waals surface area contributed by atoms with E-state index < -0.39 is 0 Å². The van der Waals surface area contributed by atoms with Crippen molar-refractivity contribution in [2.24, 2.45) is 0 Å². The van der Waals surface area contributed by atoms with E-state index in [1.54, 1.807) is 0 Å². The number of rotatable bonds is 6. The van der Waals surface area contributed by atoms with Crippen LogP contribution < -0.4 is 0 Å². The number of carbonyl (C=O) groups is 2. The zero-order valence-electron chi connectivity index (χ0n) is 14.3. The maximum absolute atomic E-state index is 12.8. The van der Waals surface area contributed by atoms with Gasteiger partial charge in [-0.25, -0.2) is 0 Å². The van der Waals surface area contributed by atoms with Gasteiger partial charge in [-0.2, -0.15) is 0 Å². The number of carbonyl (C=O) groups excluding carboxylic acids is 2. The van der Waals surface area contributed by atoms with Gasteiger partial charge in [0, 0.05) is 43.8 Å². The van der Waals surface area contributed by atoms with Gasteiger partial charge in [0.05, 0.1) is 0 Å². The van der Waals surface area contributed by atoms with E-state index in [0.29, 0.717) is 24.9 Å². The minimum atomic E-state index is 0.122. The highest BCUT2D eigenvalue weighted by molar-refractivity contribution is 8.13. The standard InChI is InChI=1S/C19H26N2O2S/c1-2-16(15-7-4-3-5-8-15)17-9-6-11-21(17)18(22)10-12-20-13-14-24-19(20)23/h3-5,7-8,16-17H,2,6,9-14H2,1H3. The Bertz CT molecular complexity index is 578. The summed E-state index contributed by atoms with van der Waals surface area (Å²) in [6, 6.07) is 10.9. The van der Waals surface area contributed by atoms with Crippen LogP contribution in [0, 0.1) is 0 Å². The molecule has 0 N–H and O–H groups in total. The zero-order valence-corrected chi connectivity index (χ0v) is 15.1. The van der Waals surface area contributed by atoms with E-state index in [2.05, 4.69) is 36.1 Å². The molecular weight excluding hydrogens is 320 g/mol. The highest BCUT2D eigenvalue weighted by Gasteiger charge is 2.34. The second kappa shape index (κ2) is 8.06. The molecule has 1 aromatic rings. The van der Waals surface area contributed by atoms with Gasteiger partial charge in [0.25, 0.3) is 5.24 Å². The molecule has 2 fully saturated rings. The molecule has 0 radical (unpaired) electrons. The highest BCUT2D eigenvalue weighted by Crippen LogP contribution is 2.34. The van der Waals surface area contributed by atoms with Gasteiger partial charge < -0.3 is 9.80 Å². The van der Waals surface area contributed by atoms with E-state index in [0.717, 1.165) is 38.1 Å². The van der Waals surface area contributed by atoms with Crippen molar-refractivity contribution < 1.29 is 9.59 Å². The topological polar surface area (TPSA) is 40.6 Å². The summed E-state index contributed by atoms with van der Waals surface area (Å²) in [5.74, 6) is 1.46. The van der Waals surface area contributed by atoms with Gasteiger partial charge in [-0.1, -0.05) is 49.0 Å². The van der Waals surface area contributed by atoms with E-state index in [-0.39, 0.29) is 11.1 Å². The van der Waals surface area contributed by atoms with Gasteiger partial charge in [-0.15, -0.1) is 0 Å². The molecule has 130 valence electrons. The van der Waals surface area contributed by atoms with Gasteiger partial charge in [0.1, 0.15) is 0 Å². The molecule has 0 bridgehead atoms. The molecule has 0 aliphatic carbocycles. The Morgan fingerprint density at radius 1 is 1.29 bits per heavy atom. The Hall–Kier alpha value is -1.49. The molecule has 0 spiro atoms. The van der Waals surface area contributed by atoms with Crippen LogP contribution in [0.3, 0.4) is 0 Å². The summed E-state index contributed by atoms with van der Waals surface area (Å²) in [5, 5.41) is 0.122. The summed E-state index contributed by atoms with van der Waals surface area (Å²) in [7, 11) is 0. The lowest BCUT2D eigenvalue weighted by atomic mass is 9.87. The first-order valence-corrected chi connectivity index (χ1v) is 9.95. The Morgan fingerprint density at radius 2 is 2.08 bits per heavy atom. The van der Waals surface area contributed by atoms with Crippen molar-refractivity contribution in [3.05, 3.63) is 35.9 Å². The number of likely N-dealkylation sites (tertiary alicyclic amines) is 1. The minimum absolute atomic E-state index is 0.122. The monoisotopic (exact) mass is 346 g/mol. The third-order valence-corrected chi connectivity index (χ3v) is 6.08. The second-order valence-corrected chi connectivity index (χ2v) is 7.62. The van der Waals surface area contributed by atoms with Crippen LogP contribution >= 0.6 is 11.8 Å². The number of benzene rings is 1. The molecule has 1 aromatic carbocycles. The van der Waals surface area contributed by atoms with Crippen molar-refractivity contribution in [3.8, 4) is 0 Å². The van der Waals surface area contributed by atoms with E-state index >= 15 is 0 Å². The number of thioether (sulfide) groups is 1. The van der Waals surface area contributed by atoms with Crippen LogP contribution in [0.5, 0.6) is 0 Å². The second-order valence-electron chi connectivity index (χ2n) is 6.57. The summed E-state index contributed by atoms with van der Waals surface area (Å²) in [5.41, 5.74) is 1.33. The molecule has 5 heteroatoms. The average molecular weight is 346 g/mol. The van der Waals surface area contributed by atoms with Crippen molar-refractivity contribution in [2.45, 2.75) is 44.6 Å². The third-order valence-electron chi connectivity index (χ3n) is 5.19. The predicted molar refractivity (Wildman–Crippen MR) is 98.3 cm³/mol. The van der Waals surface area contributed by atoms with Crippen LogP contribution in [0.25, 0.3) is 0 Å². The van der Waals surface area contributed by atoms with Gasteiger partial charge >= 0.3 is 0 Å². The lowest BCUT2D eigenvalue weighted by molar-refractivity contribution is -0.132. The number of hydrogen-bond acceptors (Lipinski definition) is 3. The molecule has 0 aromatic heterocycles. The van der Waals surface area contributed by atoms with E-state index in [9.17, 15) is 9.59 Å². The minimum Gasteiger partial charge on any atom is -0.339 e. The van der Waals surface area contributed by atoms with E-state index in [1.165, 1.54) is 17.3 Å². The van der Waals surface area contributed by atoms with Gasteiger partial charge in [0.15, 0.2) is 0 Å². The fourth-order valence-corrected chi connectivity index (χ4v) is 4.81. The van der Waals surface area contributed by atoms with Crippen molar-refractivity contribution in [3.63, 3.8) is 0 Å². The Morgan fingerprint density at radius 3 is 2.75 bits per heavy atom. The molecule has 2 heterocycles. The van der Waals surface area contributed by atoms with Crippen LogP contribution in [0.1, 0.15) is 44.1 Å². The van der Waals surface area contributed by atoms with Crippen LogP contribution in [0.2, 0.25) is 0 Å². The fraction of sp³-hybridized carbons (Fsp3) is 0.579. The van der Waals surface area contributed by atoms with Gasteiger partial charge in [0.2, 0.25) is 5.91 Å². The Labute approximate surface area is 148 Å². The molecule has 2 aliphatic rings. The SMILES string of the molecule is CCC(c1ccccc1)C1CCCN1C(=O)CCN1CCSC1=O. The van der Waals surface area contributed by atoms with E-state index in [1.807, 2.05) is 11.0 Å². The maximum Gasteiger partial charge on any atom is 0.281 e. The van der Waals surface area contributed by atoms with Crippen LogP contribution in [0.4, 0.5) is 4.79 Å². The largest absolute Gasteiger partial charge is 0.339 e. The summed E-state index contributed by atoms with van der Waals surface area (Å²) < 4.78 is 0. The fourth-order valence-electron chi connectivity index (χ4n) is 3.95. The lowest BCUT2D eigenvalue weighted by Gasteiger charge is -2.32. The third kappa shape index (κ3) is 3.77. The Kier molecular flexibility index (Phi) is 5.82. The first kappa shape index (κ1) is 17.3. The molecule has 2 saturated heterocycles. The number of hydrogen-bond donors (Lipinski definition) is 0. The average Bonchev–Trinajstić information content (AvgIpc) is 3.24. The number of nitrogens with zero attached hydrogens (tertiary/aromatic N) is 2. The normalized spacial score (nSPS) is 22.2. The highest BCUT2D eigenvalue weighted by atomic mass is 32.2. The summed E-state index contributed by atoms with van der Waals surface area (Å²) in [6.45, 7) is 4.41. The summed E-state index contributed by atoms with van der Waals surface area (Å²) in [4.78, 5) is 28.3. The predicted octanol–water partition coefficient (Wildman–Crippen LogP) is 3.73. The van der Waals surface area contributed by atoms with Gasteiger partial charge in [-0.3, -0.25) is 9.59 Å². The van der Waals surface area contributed by atoms with Crippen molar-refractivity contribution in [1.29, 1.82) is 0 Å². The molecule has 3 rings (SSSR count). The molecule has 0 saturated carbocycles. The molecule has 2 aliphatic heterocycles. The van der Waals surface area contributed by atoms with Crippen molar-refractivity contribution >= 4 is 22.9 Å². The first-order chi connectivity index (χ1) is 11.7.